The highest BCUT2D eigenvalue weighted by Gasteiger charge is 2.26. The summed E-state index contributed by atoms with van der Waals surface area (Å²) in [7, 11) is 0. The van der Waals surface area contributed by atoms with Crippen LogP contribution in [0.3, 0.4) is 0 Å². The number of anilines is 1. The monoisotopic (exact) mass is 434 g/mol. The molecular weight excluding hydrogens is 408 g/mol. The standard InChI is InChI=1S/C26H27ClN2O2/c1-19-9-11-20(12-10-19)17-29-15-5-6-21(18-29)26(30)28-24-16-22(27)13-14-25(24)31-23-7-3-2-4-8-23/h2-4,7-14,16,21H,5-6,15,17-18H2,1H3,(H,28,30). The molecule has 1 heterocycles. The second-order valence-electron chi connectivity index (χ2n) is 8.10. The lowest BCUT2D eigenvalue weighted by atomic mass is 9.96. The van der Waals surface area contributed by atoms with Gasteiger partial charge in [0.2, 0.25) is 5.91 Å². The molecule has 0 spiro atoms. The molecule has 1 aliphatic rings. The van der Waals surface area contributed by atoms with Crippen LogP contribution in [0.4, 0.5) is 5.69 Å². The van der Waals surface area contributed by atoms with E-state index in [0.717, 1.165) is 32.5 Å². The van der Waals surface area contributed by atoms with Gasteiger partial charge < -0.3 is 10.1 Å². The second kappa shape index (κ2) is 9.99. The molecular formula is C26H27ClN2O2. The van der Waals surface area contributed by atoms with Crippen molar-refractivity contribution < 1.29 is 9.53 Å². The van der Waals surface area contributed by atoms with Crippen molar-refractivity contribution in [2.45, 2.75) is 26.3 Å². The molecule has 0 aliphatic carbocycles. The summed E-state index contributed by atoms with van der Waals surface area (Å²) in [6.45, 7) is 4.71. The van der Waals surface area contributed by atoms with Crippen LogP contribution in [0, 0.1) is 12.8 Å². The van der Waals surface area contributed by atoms with Gasteiger partial charge in [0.15, 0.2) is 5.75 Å². The molecule has 1 aliphatic heterocycles. The number of hydrogen-bond acceptors (Lipinski definition) is 3. The van der Waals surface area contributed by atoms with E-state index in [1.807, 2.05) is 30.3 Å². The van der Waals surface area contributed by atoms with Crippen molar-refractivity contribution in [2.75, 3.05) is 18.4 Å². The van der Waals surface area contributed by atoms with E-state index in [9.17, 15) is 4.79 Å². The van der Waals surface area contributed by atoms with E-state index in [4.69, 9.17) is 16.3 Å². The molecule has 0 saturated carbocycles. The average molecular weight is 435 g/mol. The number of benzene rings is 3. The summed E-state index contributed by atoms with van der Waals surface area (Å²) in [6.07, 6.45) is 1.89. The zero-order valence-electron chi connectivity index (χ0n) is 17.7. The predicted octanol–water partition coefficient (Wildman–Crippen LogP) is 6.29. The van der Waals surface area contributed by atoms with Gasteiger partial charge in [-0.1, -0.05) is 59.6 Å². The van der Waals surface area contributed by atoms with Gasteiger partial charge in [0, 0.05) is 18.1 Å². The van der Waals surface area contributed by atoms with E-state index >= 15 is 0 Å². The lowest BCUT2D eigenvalue weighted by molar-refractivity contribution is -0.121. The Morgan fingerprint density at radius 3 is 2.65 bits per heavy atom. The number of ether oxygens (including phenoxy) is 1. The summed E-state index contributed by atoms with van der Waals surface area (Å²) in [5, 5.41) is 3.61. The van der Waals surface area contributed by atoms with Gasteiger partial charge in [-0.3, -0.25) is 9.69 Å². The summed E-state index contributed by atoms with van der Waals surface area (Å²) in [5.74, 6) is 1.23. The van der Waals surface area contributed by atoms with Crippen molar-refractivity contribution in [3.8, 4) is 11.5 Å². The van der Waals surface area contributed by atoms with E-state index in [1.165, 1.54) is 11.1 Å². The molecule has 1 N–H and O–H groups in total. The maximum atomic E-state index is 13.1. The first-order valence-electron chi connectivity index (χ1n) is 10.7. The van der Waals surface area contributed by atoms with Gasteiger partial charge in [-0.05, 0) is 62.2 Å². The maximum Gasteiger partial charge on any atom is 0.228 e. The van der Waals surface area contributed by atoms with Gasteiger partial charge in [-0.15, -0.1) is 0 Å². The molecule has 3 aromatic rings. The van der Waals surface area contributed by atoms with Gasteiger partial charge in [-0.2, -0.15) is 0 Å². The van der Waals surface area contributed by atoms with E-state index in [1.54, 1.807) is 18.2 Å². The number of halogens is 1. The fourth-order valence-corrected chi connectivity index (χ4v) is 4.08. The molecule has 4 rings (SSSR count). The number of rotatable bonds is 6. The molecule has 3 aromatic carbocycles. The normalized spacial score (nSPS) is 16.6. The van der Waals surface area contributed by atoms with E-state index < -0.39 is 0 Å². The molecule has 4 nitrogen and oxygen atoms in total. The van der Waals surface area contributed by atoms with Gasteiger partial charge in [-0.25, -0.2) is 0 Å². The van der Waals surface area contributed by atoms with Crippen LogP contribution in [-0.4, -0.2) is 23.9 Å². The SMILES string of the molecule is Cc1ccc(CN2CCCC(C(=O)Nc3cc(Cl)ccc3Oc3ccccc3)C2)cc1. The van der Waals surface area contributed by atoms with Crippen LogP contribution in [0.25, 0.3) is 0 Å². The zero-order chi connectivity index (χ0) is 21.6. The molecule has 1 unspecified atom stereocenters. The van der Waals surface area contributed by atoms with Crippen molar-refractivity contribution in [1.29, 1.82) is 0 Å². The fraction of sp³-hybridized carbons (Fsp3) is 0.269. The molecule has 0 bridgehead atoms. The van der Waals surface area contributed by atoms with E-state index in [0.29, 0.717) is 22.2 Å². The number of para-hydroxylation sites is 1. The Hall–Kier alpha value is -2.82. The molecule has 1 fully saturated rings. The quantitative estimate of drug-likeness (QED) is 0.495. The van der Waals surface area contributed by atoms with Crippen molar-refractivity contribution in [2.24, 2.45) is 5.92 Å². The largest absolute Gasteiger partial charge is 0.455 e. The Labute approximate surface area is 188 Å². The Morgan fingerprint density at radius 1 is 1.10 bits per heavy atom. The summed E-state index contributed by atoms with van der Waals surface area (Å²) >= 11 is 6.20. The number of carbonyl (C=O) groups excluding carboxylic acids is 1. The third-order valence-corrected chi connectivity index (χ3v) is 5.81. The predicted molar refractivity (Wildman–Crippen MR) is 126 cm³/mol. The topological polar surface area (TPSA) is 41.6 Å². The minimum Gasteiger partial charge on any atom is -0.455 e. The van der Waals surface area contributed by atoms with Crippen LogP contribution < -0.4 is 10.1 Å². The molecule has 1 amide bonds. The summed E-state index contributed by atoms with van der Waals surface area (Å²) in [5.41, 5.74) is 3.13. The molecule has 1 saturated heterocycles. The van der Waals surface area contributed by atoms with Crippen LogP contribution in [-0.2, 0) is 11.3 Å². The van der Waals surface area contributed by atoms with Crippen LogP contribution in [0.5, 0.6) is 11.5 Å². The van der Waals surface area contributed by atoms with Crippen molar-refractivity contribution in [3.63, 3.8) is 0 Å². The van der Waals surface area contributed by atoms with Crippen molar-refractivity contribution in [3.05, 3.63) is 88.9 Å². The number of aryl methyl sites for hydroxylation is 1. The zero-order valence-corrected chi connectivity index (χ0v) is 18.4. The van der Waals surface area contributed by atoms with E-state index in [2.05, 4.69) is 41.4 Å². The number of hydrogen-bond donors (Lipinski definition) is 1. The molecule has 0 aromatic heterocycles. The Morgan fingerprint density at radius 2 is 1.87 bits per heavy atom. The first-order valence-corrected chi connectivity index (χ1v) is 11.1. The van der Waals surface area contributed by atoms with Gasteiger partial charge in [0.25, 0.3) is 0 Å². The number of likely N-dealkylation sites (tertiary alicyclic amines) is 1. The van der Waals surface area contributed by atoms with Crippen molar-refractivity contribution >= 4 is 23.2 Å². The number of carbonyl (C=O) groups is 1. The molecule has 1 atom stereocenters. The maximum absolute atomic E-state index is 13.1. The van der Waals surface area contributed by atoms with Crippen LogP contribution in [0.15, 0.2) is 72.8 Å². The van der Waals surface area contributed by atoms with Gasteiger partial charge >= 0.3 is 0 Å². The highest BCUT2D eigenvalue weighted by molar-refractivity contribution is 6.31. The molecule has 0 radical (unpaired) electrons. The smallest absolute Gasteiger partial charge is 0.228 e. The minimum absolute atomic E-state index is 0.00813. The van der Waals surface area contributed by atoms with Crippen LogP contribution in [0.1, 0.15) is 24.0 Å². The number of nitrogens with one attached hydrogen (secondary N) is 1. The number of amides is 1. The Kier molecular flexibility index (Phi) is 6.90. The summed E-state index contributed by atoms with van der Waals surface area (Å²) in [4.78, 5) is 15.4. The number of nitrogens with zero attached hydrogens (tertiary/aromatic N) is 1. The highest BCUT2D eigenvalue weighted by Crippen LogP contribution is 2.33. The first-order chi connectivity index (χ1) is 15.1. The molecule has 5 heteroatoms. The third kappa shape index (κ3) is 5.87. The lowest BCUT2D eigenvalue weighted by Gasteiger charge is -2.32. The van der Waals surface area contributed by atoms with E-state index in [-0.39, 0.29) is 11.8 Å². The Balaban J connectivity index is 1.42. The Bertz CT molecular complexity index is 1020. The summed E-state index contributed by atoms with van der Waals surface area (Å²) < 4.78 is 5.98. The average Bonchev–Trinajstić information content (AvgIpc) is 2.78. The minimum atomic E-state index is -0.0669. The second-order valence-corrected chi connectivity index (χ2v) is 8.54. The van der Waals surface area contributed by atoms with Gasteiger partial charge in [0.05, 0.1) is 11.6 Å². The lowest BCUT2D eigenvalue weighted by Crippen LogP contribution is -2.40. The molecule has 160 valence electrons. The van der Waals surface area contributed by atoms with Crippen LogP contribution >= 0.6 is 11.6 Å². The summed E-state index contributed by atoms with van der Waals surface area (Å²) in [6, 6.07) is 23.4. The van der Waals surface area contributed by atoms with Crippen molar-refractivity contribution in [1.82, 2.24) is 4.90 Å². The van der Waals surface area contributed by atoms with Gasteiger partial charge in [0.1, 0.15) is 5.75 Å². The number of piperidine rings is 1. The van der Waals surface area contributed by atoms with Crippen LogP contribution in [0.2, 0.25) is 5.02 Å². The third-order valence-electron chi connectivity index (χ3n) is 5.57. The molecule has 31 heavy (non-hydrogen) atoms. The highest BCUT2D eigenvalue weighted by atomic mass is 35.5. The fourth-order valence-electron chi connectivity index (χ4n) is 3.90. The first kappa shape index (κ1) is 21.4.